The summed E-state index contributed by atoms with van der Waals surface area (Å²) in [6, 6.07) is 7.03. The minimum Gasteiger partial charge on any atom is -0.437 e. The number of hydrazine groups is 1. The first kappa shape index (κ1) is 13.6. The van der Waals surface area contributed by atoms with Gasteiger partial charge in [-0.15, -0.1) is 0 Å². The third-order valence-electron chi connectivity index (χ3n) is 2.92. The number of benzene rings is 1. The molecule has 0 amide bonds. The third kappa shape index (κ3) is 3.03. The van der Waals surface area contributed by atoms with Crippen molar-refractivity contribution in [3.05, 3.63) is 39.6 Å². The van der Waals surface area contributed by atoms with Crippen molar-refractivity contribution in [2.75, 3.05) is 5.43 Å². The molecule has 0 saturated heterocycles. The molecule has 1 aromatic heterocycles. The van der Waals surface area contributed by atoms with E-state index >= 15 is 0 Å². The van der Waals surface area contributed by atoms with E-state index in [-0.39, 0.29) is 0 Å². The van der Waals surface area contributed by atoms with E-state index in [1.54, 1.807) is 18.2 Å². The number of nitrogens with two attached hydrogens (primary N) is 1. The maximum Gasteiger partial charge on any atom is 0.224 e. The summed E-state index contributed by atoms with van der Waals surface area (Å²) in [4.78, 5) is 8.73. The van der Waals surface area contributed by atoms with Gasteiger partial charge in [-0.3, -0.25) is 0 Å². The van der Waals surface area contributed by atoms with Crippen molar-refractivity contribution < 1.29 is 4.74 Å². The van der Waals surface area contributed by atoms with Gasteiger partial charge in [0.05, 0.1) is 5.02 Å². The highest BCUT2D eigenvalue weighted by Crippen LogP contribution is 2.40. The third-order valence-corrected chi connectivity index (χ3v) is 3.72. The molecule has 1 heterocycles. The number of aromatic nitrogens is 2. The summed E-state index contributed by atoms with van der Waals surface area (Å²) in [7, 11) is 0. The molecule has 2 aromatic rings. The molecule has 3 N–H and O–H groups in total. The van der Waals surface area contributed by atoms with Crippen LogP contribution in [0.1, 0.15) is 24.6 Å². The lowest BCUT2D eigenvalue weighted by Gasteiger charge is -2.10. The van der Waals surface area contributed by atoms with Crippen molar-refractivity contribution in [2.45, 2.75) is 18.8 Å². The fourth-order valence-corrected chi connectivity index (χ4v) is 2.26. The standard InChI is InChI=1S/C13H12BrClN4O/c14-8-3-4-9(15)10(5-8)20-12-6-11(19-16)17-13(18-12)7-1-2-7/h3-7H,1-2,16H2,(H,17,18,19). The summed E-state index contributed by atoms with van der Waals surface area (Å²) in [5.41, 5.74) is 2.53. The van der Waals surface area contributed by atoms with E-state index in [4.69, 9.17) is 22.2 Å². The lowest BCUT2D eigenvalue weighted by Crippen LogP contribution is -2.10. The van der Waals surface area contributed by atoms with Crippen molar-refractivity contribution in [2.24, 2.45) is 5.84 Å². The van der Waals surface area contributed by atoms with E-state index in [1.807, 2.05) is 6.07 Å². The first-order valence-corrected chi connectivity index (χ1v) is 7.31. The van der Waals surface area contributed by atoms with Gasteiger partial charge in [-0.1, -0.05) is 27.5 Å². The number of halogens is 2. The largest absolute Gasteiger partial charge is 0.437 e. The van der Waals surface area contributed by atoms with Gasteiger partial charge < -0.3 is 10.2 Å². The van der Waals surface area contributed by atoms with Crippen molar-refractivity contribution in [3.8, 4) is 11.6 Å². The van der Waals surface area contributed by atoms with Crippen LogP contribution in [0, 0.1) is 0 Å². The van der Waals surface area contributed by atoms with Crippen LogP contribution in [-0.2, 0) is 0 Å². The number of nitrogen functional groups attached to an aromatic ring is 1. The minimum atomic E-state index is 0.406. The van der Waals surface area contributed by atoms with E-state index < -0.39 is 0 Å². The van der Waals surface area contributed by atoms with Gasteiger partial charge in [-0.25, -0.2) is 10.8 Å². The molecule has 5 nitrogen and oxygen atoms in total. The maximum absolute atomic E-state index is 6.10. The van der Waals surface area contributed by atoms with Crippen molar-refractivity contribution in [1.82, 2.24) is 9.97 Å². The molecule has 0 bridgehead atoms. The van der Waals surface area contributed by atoms with Crippen LogP contribution in [0.5, 0.6) is 11.6 Å². The van der Waals surface area contributed by atoms with E-state index in [0.29, 0.717) is 28.4 Å². The Kier molecular flexibility index (Phi) is 3.78. The quantitative estimate of drug-likeness (QED) is 0.644. The van der Waals surface area contributed by atoms with Gasteiger partial charge in [0.25, 0.3) is 0 Å². The van der Waals surface area contributed by atoms with Crippen LogP contribution in [0.4, 0.5) is 5.82 Å². The molecule has 3 rings (SSSR count). The number of nitrogens with one attached hydrogen (secondary N) is 1. The predicted molar refractivity (Wildman–Crippen MR) is 81.0 cm³/mol. The Hall–Kier alpha value is -1.37. The number of ether oxygens (including phenoxy) is 1. The van der Waals surface area contributed by atoms with E-state index in [9.17, 15) is 0 Å². The van der Waals surface area contributed by atoms with E-state index in [0.717, 1.165) is 23.1 Å². The zero-order chi connectivity index (χ0) is 14.1. The second-order valence-electron chi connectivity index (χ2n) is 4.55. The molecule has 1 aliphatic carbocycles. The smallest absolute Gasteiger partial charge is 0.224 e. The molecular weight excluding hydrogens is 344 g/mol. The number of hydrogen-bond donors (Lipinski definition) is 2. The molecule has 0 aliphatic heterocycles. The summed E-state index contributed by atoms with van der Waals surface area (Å²) in [5.74, 6) is 8.07. The van der Waals surface area contributed by atoms with Gasteiger partial charge in [0, 0.05) is 16.5 Å². The molecule has 0 radical (unpaired) electrons. The lowest BCUT2D eigenvalue weighted by molar-refractivity contribution is 0.459. The normalized spacial score (nSPS) is 14.2. The Bertz CT molecular complexity index is 648. The lowest BCUT2D eigenvalue weighted by atomic mass is 10.3. The van der Waals surface area contributed by atoms with Crippen LogP contribution in [0.2, 0.25) is 5.02 Å². The van der Waals surface area contributed by atoms with Crippen LogP contribution >= 0.6 is 27.5 Å². The Labute approximate surface area is 129 Å². The topological polar surface area (TPSA) is 73.1 Å². The molecular formula is C13H12BrClN4O. The fraction of sp³-hybridized carbons (Fsp3) is 0.231. The molecule has 0 atom stereocenters. The van der Waals surface area contributed by atoms with E-state index in [1.165, 1.54) is 0 Å². The Morgan fingerprint density at radius 1 is 1.30 bits per heavy atom. The number of nitrogens with zero attached hydrogens (tertiary/aromatic N) is 2. The summed E-state index contributed by atoms with van der Waals surface area (Å²) < 4.78 is 6.62. The zero-order valence-corrected chi connectivity index (χ0v) is 12.8. The SMILES string of the molecule is NNc1cc(Oc2cc(Br)ccc2Cl)nc(C2CC2)n1. The molecule has 1 fully saturated rings. The Balaban J connectivity index is 1.93. The second-order valence-corrected chi connectivity index (χ2v) is 5.87. The van der Waals surface area contributed by atoms with Crippen molar-refractivity contribution >= 4 is 33.3 Å². The highest BCUT2D eigenvalue weighted by atomic mass is 79.9. The predicted octanol–water partition coefficient (Wildman–Crippen LogP) is 3.85. The van der Waals surface area contributed by atoms with Crippen molar-refractivity contribution in [1.29, 1.82) is 0 Å². The highest BCUT2D eigenvalue weighted by Gasteiger charge is 2.27. The highest BCUT2D eigenvalue weighted by molar-refractivity contribution is 9.10. The zero-order valence-electron chi connectivity index (χ0n) is 10.4. The second kappa shape index (κ2) is 5.55. The summed E-state index contributed by atoms with van der Waals surface area (Å²) >= 11 is 9.49. The number of rotatable bonds is 4. The molecule has 0 spiro atoms. The monoisotopic (exact) mass is 354 g/mol. The molecule has 1 aliphatic rings. The molecule has 0 unspecified atom stereocenters. The van der Waals surface area contributed by atoms with Gasteiger partial charge in [0.15, 0.2) is 0 Å². The first-order chi connectivity index (χ1) is 9.65. The van der Waals surface area contributed by atoms with Crippen LogP contribution in [0.25, 0.3) is 0 Å². The average Bonchev–Trinajstić information content (AvgIpc) is 3.27. The van der Waals surface area contributed by atoms with Gasteiger partial charge in [0.1, 0.15) is 17.4 Å². The Morgan fingerprint density at radius 2 is 2.10 bits per heavy atom. The molecule has 1 saturated carbocycles. The van der Waals surface area contributed by atoms with Crippen molar-refractivity contribution in [3.63, 3.8) is 0 Å². The van der Waals surface area contributed by atoms with Gasteiger partial charge in [0.2, 0.25) is 5.88 Å². The van der Waals surface area contributed by atoms with Gasteiger partial charge in [-0.05, 0) is 31.0 Å². The van der Waals surface area contributed by atoms with Crippen LogP contribution in [0.15, 0.2) is 28.7 Å². The molecule has 104 valence electrons. The number of hydrogen-bond acceptors (Lipinski definition) is 5. The average molecular weight is 356 g/mol. The summed E-state index contributed by atoms with van der Waals surface area (Å²) in [5, 5.41) is 0.516. The summed E-state index contributed by atoms with van der Waals surface area (Å²) in [6.07, 6.45) is 2.20. The molecule has 7 heteroatoms. The number of anilines is 1. The summed E-state index contributed by atoms with van der Waals surface area (Å²) in [6.45, 7) is 0. The van der Waals surface area contributed by atoms with Gasteiger partial charge in [-0.2, -0.15) is 4.98 Å². The van der Waals surface area contributed by atoms with E-state index in [2.05, 4.69) is 31.3 Å². The minimum absolute atomic E-state index is 0.406. The maximum atomic E-state index is 6.10. The molecule has 20 heavy (non-hydrogen) atoms. The first-order valence-electron chi connectivity index (χ1n) is 6.14. The Morgan fingerprint density at radius 3 is 2.80 bits per heavy atom. The fourth-order valence-electron chi connectivity index (χ4n) is 1.76. The van der Waals surface area contributed by atoms with Gasteiger partial charge >= 0.3 is 0 Å². The molecule has 1 aromatic carbocycles. The van der Waals surface area contributed by atoms with Crippen LogP contribution < -0.4 is 16.0 Å². The van der Waals surface area contributed by atoms with Crippen LogP contribution in [0.3, 0.4) is 0 Å². The van der Waals surface area contributed by atoms with Crippen LogP contribution in [-0.4, -0.2) is 9.97 Å².